The number of nitrogens with one attached hydrogen (secondary N) is 1. The van der Waals surface area contributed by atoms with Gasteiger partial charge in [0.2, 0.25) is 0 Å². The van der Waals surface area contributed by atoms with Crippen LogP contribution in [-0.2, 0) is 11.2 Å². The van der Waals surface area contributed by atoms with E-state index in [0.29, 0.717) is 17.5 Å². The van der Waals surface area contributed by atoms with E-state index < -0.39 is 0 Å². The molecule has 1 saturated heterocycles. The second kappa shape index (κ2) is 6.98. The first-order valence-electron chi connectivity index (χ1n) is 9.85. The molecule has 0 bridgehead atoms. The van der Waals surface area contributed by atoms with Crippen LogP contribution in [0, 0.1) is 0 Å². The van der Waals surface area contributed by atoms with Crippen LogP contribution < -0.4 is 19.7 Å². The molecular formula is C21H24N4O3. The molecule has 1 aromatic heterocycles. The molecule has 7 heteroatoms. The number of piperazine rings is 1. The molecule has 2 aromatic rings. The monoisotopic (exact) mass is 380 g/mol. The number of anilines is 2. The van der Waals surface area contributed by atoms with Crippen molar-refractivity contribution in [1.29, 1.82) is 0 Å². The summed E-state index contributed by atoms with van der Waals surface area (Å²) in [5.74, 6) is 2.50. The fraction of sp³-hybridized carbons (Fsp3) is 0.429. The van der Waals surface area contributed by atoms with Crippen molar-refractivity contribution in [1.82, 2.24) is 9.88 Å². The standard InChI is InChI=1S/C21H24N4O3/c1-14(16-3-2-15-4-9-27-18(15)10-16)24-5-7-25(8-6-24)20-11-19-17(12-22-20)23-21(26)13-28-19/h2-3,10-12,14H,4-9,13H2,1H3,(H,23,26)/t14-/m0/s1. The second-order valence-corrected chi connectivity index (χ2v) is 7.54. The highest BCUT2D eigenvalue weighted by Gasteiger charge is 2.25. The summed E-state index contributed by atoms with van der Waals surface area (Å²) in [4.78, 5) is 20.7. The molecule has 1 N–H and O–H groups in total. The summed E-state index contributed by atoms with van der Waals surface area (Å²) < 4.78 is 11.3. The summed E-state index contributed by atoms with van der Waals surface area (Å²) >= 11 is 0. The number of amides is 1. The lowest BCUT2D eigenvalue weighted by Crippen LogP contribution is -2.47. The van der Waals surface area contributed by atoms with Gasteiger partial charge in [0.25, 0.3) is 5.91 Å². The molecule has 3 aliphatic heterocycles. The summed E-state index contributed by atoms with van der Waals surface area (Å²) in [6, 6.07) is 8.93. The fourth-order valence-corrected chi connectivity index (χ4v) is 4.13. The quantitative estimate of drug-likeness (QED) is 0.881. The van der Waals surface area contributed by atoms with E-state index >= 15 is 0 Å². The lowest BCUT2D eigenvalue weighted by atomic mass is 10.0. The summed E-state index contributed by atoms with van der Waals surface area (Å²) in [6.45, 7) is 6.87. The number of hydrogen-bond acceptors (Lipinski definition) is 6. The molecule has 1 atom stereocenters. The second-order valence-electron chi connectivity index (χ2n) is 7.54. The number of benzene rings is 1. The van der Waals surface area contributed by atoms with Crippen LogP contribution in [0.2, 0.25) is 0 Å². The molecule has 1 aromatic carbocycles. The van der Waals surface area contributed by atoms with Crippen LogP contribution >= 0.6 is 0 Å². The third-order valence-corrected chi connectivity index (χ3v) is 5.87. The average molecular weight is 380 g/mol. The van der Waals surface area contributed by atoms with Gasteiger partial charge in [0.1, 0.15) is 23.0 Å². The Morgan fingerprint density at radius 1 is 1.11 bits per heavy atom. The van der Waals surface area contributed by atoms with E-state index in [9.17, 15) is 4.79 Å². The van der Waals surface area contributed by atoms with Gasteiger partial charge in [-0.1, -0.05) is 12.1 Å². The highest BCUT2D eigenvalue weighted by molar-refractivity contribution is 5.95. The SMILES string of the molecule is C[C@@H](c1ccc2c(c1)OCC2)N1CCN(c2cc3c(cn2)NC(=O)CO3)CC1. The molecule has 0 spiro atoms. The van der Waals surface area contributed by atoms with Gasteiger partial charge < -0.3 is 19.7 Å². The topological polar surface area (TPSA) is 66.9 Å². The van der Waals surface area contributed by atoms with Crippen molar-refractivity contribution in [2.45, 2.75) is 19.4 Å². The minimum Gasteiger partial charge on any atom is -0.493 e. The van der Waals surface area contributed by atoms with Gasteiger partial charge in [0.05, 0.1) is 12.8 Å². The molecule has 1 fully saturated rings. The molecule has 0 radical (unpaired) electrons. The summed E-state index contributed by atoms with van der Waals surface area (Å²) in [7, 11) is 0. The maximum Gasteiger partial charge on any atom is 0.262 e. The van der Waals surface area contributed by atoms with Crippen molar-refractivity contribution >= 4 is 17.4 Å². The molecule has 28 heavy (non-hydrogen) atoms. The normalized spacial score (nSPS) is 19.9. The predicted molar refractivity (Wildman–Crippen MR) is 106 cm³/mol. The fourth-order valence-electron chi connectivity index (χ4n) is 4.13. The van der Waals surface area contributed by atoms with Gasteiger partial charge in [-0.3, -0.25) is 9.69 Å². The highest BCUT2D eigenvalue weighted by Crippen LogP contribution is 2.33. The highest BCUT2D eigenvalue weighted by atomic mass is 16.5. The first-order chi connectivity index (χ1) is 13.7. The van der Waals surface area contributed by atoms with E-state index in [1.165, 1.54) is 11.1 Å². The molecule has 3 aliphatic rings. The van der Waals surface area contributed by atoms with Gasteiger partial charge in [-0.25, -0.2) is 4.98 Å². The first-order valence-corrected chi connectivity index (χ1v) is 9.85. The Labute approximate surface area is 164 Å². The van der Waals surface area contributed by atoms with E-state index in [4.69, 9.17) is 9.47 Å². The van der Waals surface area contributed by atoms with Gasteiger partial charge in [-0.2, -0.15) is 0 Å². The van der Waals surface area contributed by atoms with E-state index in [-0.39, 0.29) is 12.5 Å². The molecule has 0 saturated carbocycles. The number of nitrogens with zero attached hydrogens (tertiary/aromatic N) is 3. The Kier molecular flexibility index (Phi) is 4.31. The first kappa shape index (κ1) is 17.3. The molecule has 7 nitrogen and oxygen atoms in total. The number of fused-ring (bicyclic) bond motifs is 2. The van der Waals surface area contributed by atoms with Crippen LogP contribution in [0.4, 0.5) is 11.5 Å². The van der Waals surface area contributed by atoms with Crippen molar-refractivity contribution in [3.8, 4) is 11.5 Å². The third-order valence-electron chi connectivity index (χ3n) is 5.87. The molecule has 146 valence electrons. The van der Waals surface area contributed by atoms with Crippen molar-refractivity contribution in [3.05, 3.63) is 41.6 Å². The summed E-state index contributed by atoms with van der Waals surface area (Å²) in [6.07, 6.45) is 2.70. The number of aromatic nitrogens is 1. The van der Waals surface area contributed by atoms with Crippen molar-refractivity contribution in [2.24, 2.45) is 0 Å². The lowest BCUT2D eigenvalue weighted by molar-refractivity contribution is -0.118. The van der Waals surface area contributed by atoms with E-state index in [1.54, 1.807) is 6.20 Å². The van der Waals surface area contributed by atoms with Gasteiger partial charge in [-0.05, 0) is 24.1 Å². The van der Waals surface area contributed by atoms with Crippen molar-refractivity contribution in [3.63, 3.8) is 0 Å². The Morgan fingerprint density at radius 2 is 1.96 bits per heavy atom. The van der Waals surface area contributed by atoms with Crippen molar-refractivity contribution < 1.29 is 14.3 Å². The van der Waals surface area contributed by atoms with Gasteiger partial charge >= 0.3 is 0 Å². The smallest absolute Gasteiger partial charge is 0.262 e. The molecule has 5 rings (SSSR count). The molecule has 4 heterocycles. The zero-order chi connectivity index (χ0) is 19.1. The molecular weight excluding hydrogens is 356 g/mol. The van der Waals surface area contributed by atoms with E-state index in [1.807, 2.05) is 6.07 Å². The Balaban J connectivity index is 1.24. The van der Waals surface area contributed by atoms with Crippen LogP contribution in [0.1, 0.15) is 24.1 Å². The maximum absolute atomic E-state index is 11.4. The Morgan fingerprint density at radius 3 is 2.82 bits per heavy atom. The number of carbonyl (C=O) groups excluding carboxylic acids is 1. The minimum absolute atomic E-state index is 0.0617. The van der Waals surface area contributed by atoms with Gasteiger partial charge in [0, 0.05) is 44.7 Å². The Bertz CT molecular complexity index is 909. The summed E-state index contributed by atoms with van der Waals surface area (Å²) in [5.41, 5.74) is 3.27. The predicted octanol–water partition coefficient (Wildman–Crippen LogP) is 2.23. The number of ether oxygens (including phenoxy) is 2. The number of hydrogen-bond donors (Lipinski definition) is 1. The maximum atomic E-state index is 11.4. The van der Waals surface area contributed by atoms with Gasteiger partial charge in [0.15, 0.2) is 6.61 Å². The van der Waals surface area contributed by atoms with Crippen LogP contribution in [0.3, 0.4) is 0 Å². The minimum atomic E-state index is -0.137. The molecule has 1 amide bonds. The summed E-state index contributed by atoms with van der Waals surface area (Å²) in [5, 5.41) is 2.78. The number of rotatable bonds is 3. The zero-order valence-electron chi connectivity index (χ0n) is 16.0. The zero-order valence-corrected chi connectivity index (χ0v) is 16.0. The number of carbonyl (C=O) groups is 1. The van der Waals surface area contributed by atoms with Crippen molar-refractivity contribution in [2.75, 3.05) is 49.6 Å². The lowest BCUT2D eigenvalue weighted by Gasteiger charge is -2.39. The largest absolute Gasteiger partial charge is 0.493 e. The molecule has 0 unspecified atom stereocenters. The van der Waals surface area contributed by atoms with Crippen LogP contribution in [-0.4, -0.2) is 55.2 Å². The molecule has 0 aliphatic carbocycles. The third kappa shape index (κ3) is 3.16. The van der Waals surface area contributed by atoms with Crippen LogP contribution in [0.25, 0.3) is 0 Å². The van der Waals surface area contributed by atoms with E-state index in [0.717, 1.165) is 50.8 Å². The van der Waals surface area contributed by atoms with E-state index in [2.05, 4.69) is 45.2 Å². The van der Waals surface area contributed by atoms with Crippen LogP contribution in [0.15, 0.2) is 30.5 Å². The Hall–Kier alpha value is -2.80. The van der Waals surface area contributed by atoms with Crippen LogP contribution in [0.5, 0.6) is 11.5 Å². The van der Waals surface area contributed by atoms with Gasteiger partial charge in [-0.15, -0.1) is 0 Å². The number of pyridine rings is 1. The average Bonchev–Trinajstić information content (AvgIpc) is 3.21.